The first-order chi connectivity index (χ1) is 14.9. The summed E-state index contributed by atoms with van der Waals surface area (Å²) in [5.74, 6) is -0.277. The SMILES string of the molecule is CC[C@H](CN(C)Cc1ccccc1)NC(=O)Cn1c(=O)c(=O)n(CC)c2ccccc21. The Hall–Kier alpha value is -3.19. The van der Waals surface area contributed by atoms with Crippen LogP contribution >= 0.6 is 0 Å². The number of hydrogen-bond donors (Lipinski definition) is 1. The second-order valence-electron chi connectivity index (χ2n) is 7.78. The Labute approximate surface area is 181 Å². The summed E-state index contributed by atoms with van der Waals surface area (Å²) in [6, 6.07) is 17.3. The number of benzene rings is 2. The van der Waals surface area contributed by atoms with Crippen LogP contribution in [0.2, 0.25) is 0 Å². The van der Waals surface area contributed by atoms with Crippen molar-refractivity contribution in [2.75, 3.05) is 13.6 Å². The average molecular weight is 423 g/mol. The molecule has 0 spiro atoms. The highest BCUT2D eigenvalue weighted by molar-refractivity contribution is 5.80. The van der Waals surface area contributed by atoms with Crippen LogP contribution in [0.15, 0.2) is 64.2 Å². The molecule has 3 aromatic rings. The summed E-state index contributed by atoms with van der Waals surface area (Å²) in [7, 11) is 2.02. The molecule has 0 fully saturated rings. The number of nitrogens with one attached hydrogen (secondary N) is 1. The van der Waals surface area contributed by atoms with Crippen molar-refractivity contribution in [2.45, 2.75) is 45.9 Å². The monoisotopic (exact) mass is 422 g/mol. The zero-order valence-electron chi connectivity index (χ0n) is 18.4. The molecule has 7 heteroatoms. The van der Waals surface area contributed by atoms with Crippen molar-refractivity contribution in [1.29, 1.82) is 0 Å². The van der Waals surface area contributed by atoms with Gasteiger partial charge < -0.3 is 14.8 Å². The fraction of sp³-hybridized carbons (Fsp3) is 0.375. The van der Waals surface area contributed by atoms with Crippen molar-refractivity contribution in [2.24, 2.45) is 0 Å². The maximum absolute atomic E-state index is 12.8. The van der Waals surface area contributed by atoms with E-state index in [9.17, 15) is 14.4 Å². The Bertz CT molecular complexity index is 1150. The van der Waals surface area contributed by atoms with E-state index in [0.29, 0.717) is 24.1 Å². The van der Waals surface area contributed by atoms with E-state index in [1.807, 2.05) is 45.2 Å². The molecule has 1 atom stereocenters. The van der Waals surface area contributed by atoms with Gasteiger partial charge in [0.2, 0.25) is 5.91 Å². The van der Waals surface area contributed by atoms with E-state index < -0.39 is 11.1 Å². The number of rotatable bonds is 9. The zero-order chi connectivity index (χ0) is 22.4. The topological polar surface area (TPSA) is 76.3 Å². The highest BCUT2D eigenvalue weighted by atomic mass is 16.2. The van der Waals surface area contributed by atoms with Gasteiger partial charge in [-0.2, -0.15) is 0 Å². The van der Waals surface area contributed by atoms with Crippen molar-refractivity contribution in [3.8, 4) is 0 Å². The number of hydrogen-bond acceptors (Lipinski definition) is 4. The molecule has 0 aliphatic heterocycles. The molecular weight excluding hydrogens is 392 g/mol. The summed E-state index contributed by atoms with van der Waals surface area (Å²) < 4.78 is 2.72. The summed E-state index contributed by atoms with van der Waals surface area (Å²) in [5, 5.41) is 3.02. The highest BCUT2D eigenvalue weighted by Crippen LogP contribution is 2.10. The smallest absolute Gasteiger partial charge is 0.317 e. The Morgan fingerprint density at radius 2 is 1.52 bits per heavy atom. The van der Waals surface area contributed by atoms with Crippen LogP contribution < -0.4 is 16.4 Å². The van der Waals surface area contributed by atoms with Crippen LogP contribution in [0.4, 0.5) is 0 Å². The van der Waals surface area contributed by atoms with Gasteiger partial charge in [0.05, 0.1) is 11.0 Å². The number of carbonyl (C=O) groups excluding carboxylic acids is 1. The molecule has 1 aromatic heterocycles. The lowest BCUT2D eigenvalue weighted by Crippen LogP contribution is -2.47. The van der Waals surface area contributed by atoms with Gasteiger partial charge in [0, 0.05) is 25.7 Å². The predicted molar refractivity (Wildman–Crippen MR) is 123 cm³/mol. The van der Waals surface area contributed by atoms with Crippen molar-refractivity contribution in [1.82, 2.24) is 19.4 Å². The number of fused-ring (bicyclic) bond motifs is 1. The van der Waals surface area contributed by atoms with E-state index in [1.54, 1.807) is 18.2 Å². The second-order valence-corrected chi connectivity index (χ2v) is 7.78. The minimum absolute atomic E-state index is 0.0563. The molecule has 0 saturated carbocycles. The number of amides is 1. The average Bonchev–Trinajstić information content (AvgIpc) is 2.77. The molecule has 164 valence electrons. The number of para-hydroxylation sites is 2. The normalized spacial score (nSPS) is 12.3. The Morgan fingerprint density at radius 1 is 0.935 bits per heavy atom. The lowest BCUT2D eigenvalue weighted by molar-refractivity contribution is -0.122. The molecule has 0 aliphatic carbocycles. The van der Waals surface area contributed by atoms with Gasteiger partial charge in [-0.05, 0) is 38.1 Å². The standard InChI is InChI=1S/C24H30N4O3/c1-4-19(16-26(3)15-18-11-7-6-8-12-18)25-22(29)17-28-21-14-10-9-13-20(21)27(5-2)23(30)24(28)31/h6-14,19H,4-5,15-17H2,1-3H3,(H,25,29)/t19-/m1/s1. The number of nitrogens with zero attached hydrogens (tertiary/aromatic N) is 3. The van der Waals surface area contributed by atoms with Crippen LogP contribution in [0.25, 0.3) is 11.0 Å². The molecule has 0 aliphatic rings. The number of aryl methyl sites for hydroxylation is 1. The van der Waals surface area contributed by atoms with Gasteiger partial charge in [0.25, 0.3) is 0 Å². The molecule has 1 N–H and O–H groups in total. The van der Waals surface area contributed by atoms with Crippen LogP contribution in [0.1, 0.15) is 25.8 Å². The van der Waals surface area contributed by atoms with E-state index in [1.165, 1.54) is 14.7 Å². The Balaban J connectivity index is 1.74. The summed E-state index contributed by atoms with van der Waals surface area (Å²) >= 11 is 0. The molecule has 7 nitrogen and oxygen atoms in total. The van der Waals surface area contributed by atoms with Gasteiger partial charge in [-0.3, -0.25) is 19.0 Å². The van der Waals surface area contributed by atoms with Crippen molar-refractivity contribution in [3.63, 3.8) is 0 Å². The van der Waals surface area contributed by atoms with Gasteiger partial charge in [-0.1, -0.05) is 49.4 Å². The van der Waals surface area contributed by atoms with Crippen LogP contribution in [0.5, 0.6) is 0 Å². The summed E-state index contributed by atoms with van der Waals surface area (Å²) in [4.78, 5) is 40.1. The first-order valence-electron chi connectivity index (χ1n) is 10.7. The molecule has 1 amide bonds. The van der Waals surface area contributed by atoms with Crippen molar-refractivity contribution >= 4 is 16.9 Å². The first kappa shape index (κ1) is 22.5. The lowest BCUT2D eigenvalue weighted by Gasteiger charge is -2.24. The molecule has 0 bridgehead atoms. The van der Waals surface area contributed by atoms with Crippen molar-refractivity contribution in [3.05, 3.63) is 80.9 Å². The summed E-state index contributed by atoms with van der Waals surface area (Å²) in [6.07, 6.45) is 0.762. The molecule has 0 unspecified atom stereocenters. The van der Waals surface area contributed by atoms with E-state index >= 15 is 0 Å². The number of carbonyl (C=O) groups is 1. The van der Waals surface area contributed by atoms with Gasteiger partial charge in [-0.15, -0.1) is 0 Å². The number of likely N-dealkylation sites (N-methyl/N-ethyl adjacent to an activating group) is 1. The Morgan fingerprint density at radius 3 is 2.13 bits per heavy atom. The molecule has 1 heterocycles. The van der Waals surface area contributed by atoms with Crippen LogP contribution in [0, 0.1) is 0 Å². The third-order valence-electron chi connectivity index (χ3n) is 5.44. The van der Waals surface area contributed by atoms with Crippen LogP contribution in [-0.4, -0.2) is 39.6 Å². The minimum Gasteiger partial charge on any atom is -0.351 e. The predicted octanol–water partition coefficient (Wildman–Crippen LogP) is 2.21. The fourth-order valence-corrected chi connectivity index (χ4v) is 3.87. The maximum Gasteiger partial charge on any atom is 0.317 e. The highest BCUT2D eigenvalue weighted by Gasteiger charge is 2.17. The third kappa shape index (κ3) is 5.30. The molecule has 31 heavy (non-hydrogen) atoms. The van der Waals surface area contributed by atoms with E-state index in [-0.39, 0.29) is 18.5 Å². The van der Waals surface area contributed by atoms with E-state index in [4.69, 9.17) is 0 Å². The van der Waals surface area contributed by atoms with Gasteiger partial charge in [-0.25, -0.2) is 0 Å². The first-order valence-corrected chi connectivity index (χ1v) is 10.7. The fourth-order valence-electron chi connectivity index (χ4n) is 3.87. The van der Waals surface area contributed by atoms with Crippen LogP contribution in [-0.2, 0) is 24.4 Å². The minimum atomic E-state index is -0.676. The second kappa shape index (κ2) is 10.2. The van der Waals surface area contributed by atoms with Gasteiger partial charge in [0.1, 0.15) is 6.54 Å². The zero-order valence-corrected chi connectivity index (χ0v) is 18.4. The Kier molecular flexibility index (Phi) is 7.41. The molecule has 0 radical (unpaired) electrons. The molecule has 0 saturated heterocycles. The molecule has 3 rings (SSSR count). The molecule has 2 aromatic carbocycles. The van der Waals surface area contributed by atoms with Gasteiger partial charge >= 0.3 is 11.1 Å². The lowest BCUT2D eigenvalue weighted by atomic mass is 10.1. The van der Waals surface area contributed by atoms with E-state index in [2.05, 4.69) is 22.3 Å². The van der Waals surface area contributed by atoms with Crippen molar-refractivity contribution < 1.29 is 4.79 Å². The third-order valence-corrected chi connectivity index (χ3v) is 5.44. The quantitative estimate of drug-likeness (QED) is 0.537. The summed E-state index contributed by atoms with van der Waals surface area (Å²) in [6.45, 7) is 5.52. The molecular formula is C24H30N4O3. The van der Waals surface area contributed by atoms with E-state index in [0.717, 1.165) is 13.0 Å². The largest absolute Gasteiger partial charge is 0.351 e. The number of aromatic nitrogens is 2. The maximum atomic E-state index is 12.8. The summed E-state index contributed by atoms with van der Waals surface area (Å²) in [5.41, 5.74) is 1.16. The van der Waals surface area contributed by atoms with Gasteiger partial charge in [0.15, 0.2) is 0 Å². The van der Waals surface area contributed by atoms with Crippen LogP contribution in [0.3, 0.4) is 0 Å².